The number of phosphoric ester groups is 1. The van der Waals surface area contributed by atoms with Crippen molar-refractivity contribution in [2.24, 2.45) is 0 Å². The van der Waals surface area contributed by atoms with Gasteiger partial charge in [0.2, 0.25) is 0 Å². The fourth-order valence-electron chi connectivity index (χ4n) is 5.03. The van der Waals surface area contributed by atoms with Crippen LogP contribution >= 0.6 is 7.82 Å². The van der Waals surface area contributed by atoms with Gasteiger partial charge < -0.3 is 18.9 Å². The summed E-state index contributed by atoms with van der Waals surface area (Å²) in [5, 5.41) is 0. The standard InChI is InChI=1S/C50H80NO8P/c1-6-8-10-12-14-16-18-20-22-24-25-27-28-30-32-34-36-38-40-42-49(52)56-46-48(47-58-60(54,55)57-45-44-51(3,4)5)59-50(53)43-41-39-37-35-33-31-29-26-23-21-19-17-15-13-11-9-7-2/h9,11,14-17,20-23,25,27,29-32,35-38,48H,6-8,10,12-13,18-19,24,26,28,33-34,39-47H2,1-5H3/p+1/b11-9+,16-14+,17-15+,22-20+,23-21+,27-25+,31-29+,32-30+,37-35+,38-36+/t48-/m1/s1. The topological polar surface area (TPSA) is 108 Å². The fraction of sp³-hybridized carbons (Fsp3) is 0.560. The summed E-state index contributed by atoms with van der Waals surface area (Å²) < 4.78 is 34.1. The molecule has 0 spiro atoms. The molecule has 0 amide bonds. The van der Waals surface area contributed by atoms with Gasteiger partial charge in [0.25, 0.3) is 0 Å². The summed E-state index contributed by atoms with van der Waals surface area (Å²) in [6.07, 6.45) is 57.0. The lowest BCUT2D eigenvalue weighted by atomic mass is 10.2. The first-order chi connectivity index (χ1) is 29.0. The van der Waals surface area contributed by atoms with E-state index < -0.39 is 32.5 Å². The normalized spacial score (nSPS) is 14.7. The molecule has 9 nitrogen and oxygen atoms in total. The highest BCUT2D eigenvalue weighted by molar-refractivity contribution is 7.47. The molecule has 0 heterocycles. The van der Waals surface area contributed by atoms with Crippen molar-refractivity contribution in [1.82, 2.24) is 0 Å². The number of rotatable bonds is 38. The summed E-state index contributed by atoms with van der Waals surface area (Å²) in [6.45, 7) is 4.09. The summed E-state index contributed by atoms with van der Waals surface area (Å²) in [7, 11) is 1.38. The molecule has 0 aliphatic heterocycles. The second-order valence-corrected chi connectivity index (χ2v) is 16.8. The second-order valence-electron chi connectivity index (χ2n) is 15.3. The van der Waals surface area contributed by atoms with E-state index in [9.17, 15) is 19.0 Å². The summed E-state index contributed by atoms with van der Waals surface area (Å²) >= 11 is 0. The molecule has 0 fully saturated rings. The SMILES string of the molecule is CC/C=C/C/C=C/C/C=C/C/C=C/C/C=C/CCCC(=O)O[C@H](COC(=O)CC/C=C/C/C=C/C/C=C/C/C=C/C/C=C/CCCCC)COP(=O)(O)OCC[N+](C)(C)C. The highest BCUT2D eigenvalue weighted by Gasteiger charge is 2.27. The van der Waals surface area contributed by atoms with E-state index in [1.165, 1.54) is 25.7 Å². The van der Waals surface area contributed by atoms with Gasteiger partial charge in [0.15, 0.2) is 6.10 Å². The molecule has 0 aromatic carbocycles. The van der Waals surface area contributed by atoms with Crippen molar-refractivity contribution in [2.45, 2.75) is 136 Å². The van der Waals surface area contributed by atoms with E-state index in [1.807, 2.05) is 39.4 Å². The van der Waals surface area contributed by atoms with Crippen LogP contribution in [0.3, 0.4) is 0 Å². The molecule has 2 atom stereocenters. The van der Waals surface area contributed by atoms with E-state index in [2.05, 4.69) is 117 Å². The van der Waals surface area contributed by atoms with Crippen LogP contribution in [0.5, 0.6) is 0 Å². The molecule has 1 unspecified atom stereocenters. The number of phosphoric acid groups is 1. The van der Waals surface area contributed by atoms with Gasteiger partial charge in [-0.1, -0.05) is 148 Å². The van der Waals surface area contributed by atoms with E-state index in [-0.39, 0.29) is 26.1 Å². The third-order valence-electron chi connectivity index (χ3n) is 8.49. The molecule has 60 heavy (non-hydrogen) atoms. The molecule has 338 valence electrons. The molecule has 0 radical (unpaired) electrons. The average Bonchev–Trinajstić information content (AvgIpc) is 3.20. The minimum atomic E-state index is -4.42. The summed E-state index contributed by atoms with van der Waals surface area (Å²) in [4.78, 5) is 35.3. The maximum absolute atomic E-state index is 12.7. The lowest BCUT2D eigenvalue weighted by molar-refractivity contribution is -0.870. The lowest BCUT2D eigenvalue weighted by Crippen LogP contribution is -2.37. The number of hydrogen-bond donors (Lipinski definition) is 1. The van der Waals surface area contributed by atoms with Crippen LogP contribution in [0, 0.1) is 0 Å². The van der Waals surface area contributed by atoms with E-state index in [4.69, 9.17) is 18.5 Å². The van der Waals surface area contributed by atoms with Crippen LogP contribution in [0.4, 0.5) is 0 Å². The van der Waals surface area contributed by atoms with Crippen LogP contribution in [0.2, 0.25) is 0 Å². The van der Waals surface area contributed by atoms with Gasteiger partial charge >= 0.3 is 19.8 Å². The molecule has 10 heteroatoms. The van der Waals surface area contributed by atoms with Gasteiger partial charge in [-0.05, 0) is 89.9 Å². The van der Waals surface area contributed by atoms with Crippen molar-refractivity contribution in [1.29, 1.82) is 0 Å². The molecule has 0 aromatic heterocycles. The molecule has 1 N–H and O–H groups in total. The minimum absolute atomic E-state index is 0.00243. The Bertz CT molecular complexity index is 1430. The Kier molecular flexibility index (Phi) is 38.4. The van der Waals surface area contributed by atoms with Crippen molar-refractivity contribution in [2.75, 3.05) is 47.5 Å². The third-order valence-corrected chi connectivity index (χ3v) is 9.47. The highest BCUT2D eigenvalue weighted by Crippen LogP contribution is 2.43. The van der Waals surface area contributed by atoms with Gasteiger partial charge in [0.05, 0.1) is 27.7 Å². The number of esters is 2. The Hall–Kier alpha value is -3.59. The van der Waals surface area contributed by atoms with Crippen molar-refractivity contribution in [3.8, 4) is 0 Å². The largest absolute Gasteiger partial charge is 0.472 e. The Morgan fingerprint density at radius 3 is 1.42 bits per heavy atom. The maximum Gasteiger partial charge on any atom is 0.472 e. The summed E-state index contributed by atoms with van der Waals surface area (Å²) in [5.41, 5.74) is 0. The molecule has 0 saturated heterocycles. The van der Waals surface area contributed by atoms with Gasteiger partial charge in [-0.25, -0.2) is 4.57 Å². The van der Waals surface area contributed by atoms with E-state index in [0.29, 0.717) is 30.3 Å². The zero-order valence-corrected chi connectivity index (χ0v) is 38.8. The van der Waals surface area contributed by atoms with Crippen LogP contribution in [-0.2, 0) is 32.7 Å². The smallest absolute Gasteiger partial charge is 0.462 e. The molecule has 0 rings (SSSR count). The number of carbonyl (C=O) groups excluding carboxylic acids is 2. The molecule has 0 aliphatic rings. The molecular weight excluding hydrogens is 774 g/mol. The monoisotopic (exact) mass is 855 g/mol. The van der Waals surface area contributed by atoms with Crippen LogP contribution in [0.15, 0.2) is 122 Å². The van der Waals surface area contributed by atoms with Gasteiger partial charge in [0.1, 0.15) is 19.8 Å². The predicted molar refractivity (Wildman–Crippen MR) is 251 cm³/mol. The first-order valence-electron chi connectivity index (χ1n) is 22.3. The fourth-order valence-corrected chi connectivity index (χ4v) is 5.77. The number of ether oxygens (including phenoxy) is 2. The number of quaternary nitrogens is 1. The molecule has 0 aromatic rings. The number of nitrogens with zero attached hydrogens (tertiary/aromatic N) is 1. The van der Waals surface area contributed by atoms with Crippen LogP contribution < -0.4 is 0 Å². The molecule has 0 saturated carbocycles. The quantitative estimate of drug-likeness (QED) is 0.0215. The lowest BCUT2D eigenvalue weighted by Gasteiger charge is -2.24. The first-order valence-corrected chi connectivity index (χ1v) is 23.8. The number of hydrogen-bond acceptors (Lipinski definition) is 7. The Morgan fingerprint density at radius 2 is 0.967 bits per heavy atom. The van der Waals surface area contributed by atoms with Crippen molar-refractivity contribution in [3.05, 3.63) is 122 Å². The van der Waals surface area contributed by atoms with Gasteiger partial charge in [-0.2, -0.15) is 0 Å². The van der Waals surface area contributed by atoms with Crippen LogP contribution in [-0.4, -0.2) is 74.9 Å². The maximum atomic E-state index is 12.7. The molecule has 0 bridgehead atoms. The number of carbonyl (C=O) groups is 2. The van der Waals surface area contributed by atoms with E-state index in [1.54, 1.807) is 0 Å². The van der Waals surface area contributed by atoms with Crippen LogP contribution in [0.25, 0.3) is 0 Å². The average molecular weight is 855 g/mol. The highest BCUT2D eigenvalue weighted by atomic mass is 31.2. The zero-order chi connectivity index (χ0) is 44.3. The predicted octanol–water partition coefficient (Wildman–Crippen LogP) is 12.9. The third kappa shape index (κ3) is 44.0. The van der Waals surface area contributed by atoms with Gasteiger partial charge in [-0.15, -0.1) is 0 Å². The summed E-state index contributed by atoms with van der Waals surface area (Å²) in [6, 6.07) is 0. The molecular formula is C50H81NO8P+. The number of allylic oxidation sites excluding steroid dienone is 20. The summed E-state index contributed by atoms with van der Waals surface area (Å²) in [5.74, 6) is -0.978. The molecule has 0 aliphatic carbocycles. The Labute approximate surface area is 365 Å². The number of unbranched alkanes of at least 4 members (excludes halogenated alkanes) is 4. The van der Waals surface area contributed by atoms with Gasteiger partial charge in [-0.3, -0.25) is 18.6 Å². The van der Waals surface area contributed by atoms with Crippen molar-refractivity contribution >= 4 is 19.8 Å². The van der Waals surface area contributed by atoms with Crippen LogP contribution in [0.1, 0.15) is 129 Å². The van der Waals surface area contributed by atoms with Gasteiger partial charge in [0, 0.05) is 12.8 Å². The Morgan fingerprint density at radius 1 is 0.533 bits per heavy atom. The Balaban J connectivity index is 4.60. The van der Waals surface area contributed by atoms with E-state index >= 15 is 0 Å². The zero-order valence-electron chi connectivity index (χ0n) is 37.9. The van der Waals surface area contributed by atoms with Crippen molar-refractivity contribution in [3.63, 3.8) is 0 Å². The number of likely N-dealkylation sites (N-methyl/N-ethyl adjacent to an activating group) is 1. The van der Waals surface area contributed by atoms with E-state index in [0.717, 1.165) is 57.8 Å². The second kappa shape index (κ2) is 40.8. The minimum Gasteiger partial charge on any atom is -0.462 e. The first kappa shape index (κ1) is 56.4. The van der Waals surface area contributed by atoms with Crippen molar-refractivity contribution < 1.29 is 42.1 Å².